The molecule has 0 aliphatic heterocycles. The lowest BCUT2D eigenvalue weighted by Gasteiger charge is -1.89. The fourth-order valence-corrected chi connectivity index (χ4v) is 1.66. The smallest absolute Gasteiger partial charge is 0.173 e. The average Bonchev–Trinajstić information content (AvgIpc) is 2.32. The Labute approximate surface area is 82.7 Å². The number of hydrogen-bond donors (Lipinski definition) is 0. The van der Waals surface area contributed by atoms with E-state index in [1.165, 1.54) is 0 Å². The van der Waals surface area contributed by atoms with Crippen LogP contribution in [0.25, 0.3) is 11.0 Å². The summed E-state index contributed by atoms with van der Waals surface area (Å²) in [7, 11) is 0. The van der Waals surface area contributed by atoms with E-state index in [2.05, 4.69) is 20.9 Å². The van der Waals surface area contributed by atoms with Gasteiger partial charge in [0.05, 0.1) is 0 Å². The number of furan rings is 1. The van der Waals surface area contributed by atoms with Crippen molar-refractivity contribution in [1.29, 1.82) is 0 Å². The van der Waals surface area contributed by atoms with Gasteiger partial charge >= 0.3 is 0 Å². The Hall–Kier alpha value is -0.540. The Morgan fingerprint density at radius 3 is 3.00 bits per heavy atom. The molecule has 2 aromatic rings. The molecule has 0 aliphatic carbocycles. The summed E-state index contributed by atoms with van der Waals surface area (Å²) in [6.07, 6.45) is 1.67. The van der Waals surface area contributed by atoms with Gasteiger partial charge in [-0.25, -0.2) is 4.98 Å². The van der Waals surface area contributed by atoms with E-state index in [0.717, 1.165) is 10.9 Å². The first-order valence-corrected chi connectivity index (χ1v) is 4.56. The minimum atomic E-state index is 0.404. The Morgan fingerprint density at radius 2 is 2.33 bits per heavy atom. The molecule has 0 aromatic carbocycles. The van der Waals surface area contributed by atoms with Gasteiger partial charge in [0.2, 0.25) is 0 Å². The molecule has 0 amide bonds. The van der Waals surface area contributed by atoms with Crippen LogP contribution >= 0.6 is 27.5 Å². The zero-order valence-corrected chi connectivity index (χ0v) is 8.61. The van der Waals surface area contributed by atoms with E-state index in [9.17, 15) is 0 Å². The normalized spacial score (nSPS) is 10.9. The van der Waals surface area contributed by atoms with Gasteiger partial charge in [0.1, 0.15) is 0 Å². The third-order valence-corrected chi connectivity index (χ3v) is 2.78. The van der Waals surface area contributed by atoms with Gasteiger partial charge in [-0.2, -0.15) is 0 Å². The summed E-state index contributed by atoms with van der Waals surface area (Å²) in [6, 6.07) is 1.88. The van der Waals surface area contributed by atoms with Crippen LogP contribution in [0.4, 0.5) is 0 Å². The van der Waals surface area contributed by atoms with Crippen LogP contribution in [0, 0.1) is 6.92 Å². The molecule has 0 spiro atoms. The Bertz CT molecular complexity index is 438. The highest BCUT2D eigenvalue weighted by Crippen LogP contribution is 2.31. The van der Waals surface area contributed by atoms with E-state index in [-0.39, 0.29) is 0 Å². The highest BCUT2D eigenvalue weighted by molar-refractivity contribution is 9.10. The molecule has 0 fully saturated rings. The number of pyridine rings is 1. The molecule has 2 aromatic heterocycles. The van der Waals surface area contributed by atoms with E-state index in [0.29, 0.717) is 15.4 Å². The van der Waals surface area contributed by atoms with Crippen LogP contribution in [0.15, 0.2) is 21.3 Å². The third kappa shape index (κ3) is 1.04. The van der Waals surface area contributed by atoms with Crippen LogP contribution in [0.1, 0.15) is 5.56 Å². The van der Waals surface area contributed by atoms with Crippen molar-refractivity contribution in [3.8, 4) is 0 Å². The molecule has 12 heavy (non-hydrogen) atoms. The maximum atomic E-state index is 5.82. The number of fused-ring (bicyclic) bond motifs is 1. The van der Waals surface area contributed by atoms with E-state index in [1.807, 2.05) is 13.0 Å². The lowest BCUT2D eigenvalue weighted by Crippen LogP contribution is -1.73. The topological polar surface area (TPSA) is 26.0 Å². The van der Waals surface area contributed by atoms with Crippen molar-refractivity contribution in [1.82, 2.24) is 4.98 Å². The van der Waals surface area contributed by atoms with Crippen LogP contribution in [0.3, 0.4) is 0 Å². The molecule has 2 nitrogen and oxygen atoms in total. The van der Waals surface area contributed by atoms with Gasteiger partial charge < -0.3 is 4.42 Å². The van der Waals surface area contributed by atoms with Crippen molar-refractivity contribution in [3.05, 3.63) is 27.6 Å². The van der Waals surface area contributed by atoms with E-state index >= 15 is 0 Å². The van der Waals surface area contributed by atoms with Gasteiger partial charge in [-0.3, -0.25) is 0 Å². The SMILES string of the molecule is Cc1c(Br)oc2c(Cl)nccc12. The standard InChI is InChI=1S/C8H5BrClNO/c1-4-5-2-3-11-8(10)6(5)12-7(4)9/h2-3H,1H3. The van der Waals surface area contributed by atoms with Crippen molar-refractivity contribution in [2.75, 3.05) is 0 Å². The van der Waals surface area contributed by atoms with Gasteiger partial charge in [-0.05, 0) is 28.9 Å². The highest BCUT2D eigenvalue weighted by atomic mass is 79.9. The minimum Gasteiger partial charge on any atom is -0.446 e. The summed E-state index contributed by atoms with van der Waals surface area (Å²) >= 11 is 9.11. The second-order valence-corrected chi connectivity index (χ2v) is 3.56. The van der Waals surface area contributed by atoms with Crippen LogP contribution < -0.4 is 0 Å². The molecule has 0 atom stereocenters. The number of aryl methyl sites for hydroxylation is 1. The van der Waals surface area contributed by atoms with Crippen LogP contribution in [-0.2, 0) is 0 Å². The summed E-state index contributed by atoms with van der Waals surface area (Å²) in [5.74, 6) is 0. The molecule has 0 saturated heterocycles. The molecule has 4 heteroatoms. The van der Waals surface area contributed by atoms with Crippen molar-refractivity contribution in [3.63, 3.8) is 0 Å². The number of nitrogens with zero attached hydrogens (tertiary/aromatic N) is 1. The molecule has 0 bridgehead atoms. The number of hydrogen-bond acceptors (Lipinski definition) is 2. The Balaban J connectivity index is 2.95. The number of aromatic nitrogens is 1. The third-order valence-electron chi connectivity index (χ3n) is 1.75. The number of rotatable bonds is 0. The van der Waals surface area contributed by atoms with Crippen LogP contribution in [0.5, 0.6) is 0 Å². The largest absolute Gasteiger partial charge is 0.446 e. The summed E-state index contributed by atoms with van der Waals surface area (Å²) in [4.78, 5) is 3.91. The van der Waals surface area contributed by atoms with Gasteiger partial charge in [0.15, 0.2) is 15.4 Å². The lowest BCUT2D eigenvalue weighted by atomic mass is 10.2. The second kappa shape index (κ2) is 2.75. The zero-order valence-electron chi connectivity index (χ0n) is 6.27. The summed E-state index contributed by atoms with van der Waals surface area (Å²) in [6.45, 7) is 1.96. The maximum absolute atomic E-state index is 5.82. The van der Waals surface area contributed by atoms with E-state index < -0.39 is 0 Å². The summed E-state index contributed by atoms with van der Waals surface area (Å²) < 4.78 is 6.07. The molecular weight excluding hydrogens is 241 g/mol. The Morgan fingerprint density at radius 1 is 1.58 bits per heavy atom. The molecule has 2 rings (SSSR count). The Kier molecular flexibility index (Phi) is 1.85. The quantitative estimate of drug-likeness (QED) is 0.664. The molecule has 0 saturated carbocycles. The summed E-state index contributed by atoms with van der Waals surface area (Å²) in [5.41, 5.74) is 1.69. The lowest BCUT2D eigenvalue weighted by molar-refractivity contribution is 0.583. The first-order valence-electron chi connectivity index (χ1n) is 3.39. The fraction of sp³-hybridized carbons (Fsp3) is 0.125. The zero-order chi connectivity index (χ0) is 8.72. The van der Waals surface area contributed by atoms with Crippen LogP contribution in [-0.4, -0.2) is 4.98 Å². The van der Waals surface area contributed by atoms with E-state index in [1.54, 1.807) is 6.20 Å². The minimum absolute atomic E-state index is 0.404. The molecule has 0 unspecified atom stereocenters. The monoisotopic (exact) mass is 245 g/mol. The number of halogens is 2. The predicted octanol–water partition coefficient (Wildman–Crippen LogP) is 3.55. The first-order chi connectivity index (χ1) is 5.70. The van der Waals surface area contributed by atoms with Gasteiger partial charge in [0, 0.05) is 17.1 Å². The maximum Gasteiger partial charge on any atom is 0.173 e. The van der Waals surface area contributed by atoms with Crippen LogP contribution in [0.2, 0.25) is 5.15 Å². The predicted molar refractivity (Wildman–Crippen MR) is 51.5 cm³/mol. The average molecular weight is 246 g/mol. The molecule has 0 aliphatic rings. The van der Waals surface area contributed by atoms with Gasteiger partial charge in [-0.15, -0.1) is 0 Å². The highest BCUT2D eigenvalue weighted by Gasteiger charge is 2.10. The molecule has 62 valence electrons. The molecule has 2 heterocycles. The molecular formula is C8H5BrClNO. The van der Waals surface area contributed by atoms with Crippen molar-refractivity contribution >= 4 is 38.5 Å². The van der Waals surface area contributed by atoms with Crippen molar-refractivity contribution in [2.45, 2.75) is 6.92 Å². The van der Waals surface area contributed by atoms with Gasteiger partial charge in [-0.1, -0.05) is 11.6 Å². The fourth-order valence-electron chi connectivity index (χ4n) is 1.09. The van der Waals surface area contributed by atoms with Crippen molar-refractivity contribution in [2.24, 2.45) is 0 Å². The molecule has 0 radical (unpaired) electrons. The second-order valence-electron chi connectivity index (χ2n) is 2.48. The first kappa shape index (κ1) is 8.08. The summed E-state index contributed by atoms with van der Waals surface area (Å²) in [5, 5.41) is 1.41. The molecule has 0 N–H and O–H groups in total. The van der Waals surface area contributed by atoms with E-state index in [4.69, 9.17) is 16.0 Å². The van der Waals surface area contributed by atoms with Gasteiger partial charge in [0.25, 0.3) is 0 Å². The van der Waals surface area contributed by atoms with Crippen molar-refractivity contribution < 1.29 is 4.42 Å².